The molecule has 0 saturated heterocycles. The first kappa shape index (κ1) is 11.0. The smallest absolute Gasteiger partial charge is 0.408 e. The van der Waals surface area contributed by atoms with Crippen LogP contribution in [0.25, 0.3) is 0 Å². The number of alkyl carbamates (subject to hydrolysis) is 1. The molecule has 88 valence electrons. The van der Waals surface area contributed by atoms with Crippen LogP contribution >= 0.6 is 0 Å². The van der Waals surface area contributed by atoms with Gasteiger partial charge in [0, 0.05) is 12.4 Å². The van der Waals surface area contributed by atoms with Gasteiger partial charge in [-0.1, -0.05) is 0 Å². The van der Waals surface area contributed by atoms with Crippen LogP contribution in [-0.2, 0) is 10.3 Å². The Morgan fingerprint density at radius 2 is 2.19 bits per heavy atom. The van der Waals surface area contributed by atoms with Crippen molar-refractivity contribution < 1.29 is 9.53 Å². The Bertz CT molecular complexity index is 372. The third-order valence-corrected chi connectivity index (χ3v) is 2.64. The molecule has 16 heavy (non-hydrogen) atoms. The molecule has 1 heterocycles. The van der Waals surface area contributed by atoms with E-state index in [-0.39, 0.29) is 11.6 Å². The summed E-state index contributed by atoms with van der Waals surface area (Å²) in [6.07, 6.45) is 5.40. The minimum atomic E-state index is -0.446. The lowest BCUT2D eigenvalue weighted by Crippen LogP contribution is -2.39. The number of hydrogen-bond donors (Lipinski definition) is 2. The van der Waals surface area contributed by atoms with Crippen molar-refractivity contribution in [3.63, 3.8) is 0 Å². The quantitative estimate of drug-likeness (QED) is 0.807. The largest absolute Gasteiger partial charge is 0.444 e. The van der Waals surface area contributed by atoms with Crippen LogP contribution in [0, 0.1) is 0 Å². The van der Waals surface area contributed by atoms with Gasteiger partial charge in [0.1, 0.15) is 5.60 Å². The second kappa shape index (κ2) is 3.54. The molecule has 1 aliphatic rings. The number of aromatic amines is 1. The van der Waals surface area contributed by atoms with Gasteiger partial charge in [-0.15, -0.1) is 0 Å². The second-order valence-electron chi connectivity index (χ2n) is 5.31. The maximum atomic E-state index is 11.7. The fourth-order valence-electron chi connectivity index (χ4n) is 1.73. The van der Waals surface area contributed by atoms with Crippen LogP contribution in [0.4, 0.5) is 4.79 Å². The summed E-state index contributed by atoms with van der Waals surface area (Å²) in [5.74, 6) is 0. The highest BCUT2D eigenvalue weighted by atomic mass is 16.6. The maximum absolute atomic E-state index is 11.7. The number of rotatable bonds is 2. The number of ether oxygens (including phenoxy) is 1. The lowest BCUT2D eigenvalue weighted by molar-refractivity contribution is 0.0495. The molecule has 1 aliphatic carbocycles. The van der Waals surface area contributed by atoms with Crippen molar-refractivity contribution in [2.75, 3.05) is 0 Å². The lowest BCUT2D eigenvalue weighted by atomic mass is 10.1. The molecule has 1 fully saturated rings. The molecule has 4 heteroatoms. The fourth-order valence-corrected chi connectivity index (χ4v) is 1.73. The zero-order valence-corrected chi connectivity index (χ0v) is 9.96. The van der Waals surface area contributed by atoms with Crippen LogP contribution in [0.5, 0.6) is 0 Å². The number of H-pyrrole nitrogens is 1. The first-order chi connectivity index (χ1) is 7.41. The molecule has 0 radical (unpaired) electrons. The van der Waals surface area contributed by atoms with Gasteiger partial charge in [-0.2, -0.15) is 0 Å². The van der Waals surface area contributed by atoms with Crippen molar-refractivity contribution in [2.24, 2.45) is 0 Å². The van der Waals surface area contributed by atoms with Crippen LogP contribution in [0.2, 0.25) is 0 Å². The zero-order valence-electron chi connectivity index (χ0n) is 9.96. The van der Waals surface area contributed by atoms with Gasteiger partial charge < -0.3 is 15.0 Å². The van der Waals surface area contributed by atoms with Gasteiger partial charge in [-0.3, -0.25) is 0 Å². The van der Waals surface area contributed by atoms with E-state index in [9.17, 15) is 4.79 Å². The van der Waals surface area contributed by atoms with Gasteiger partial charge >= 0.3 is 6.09 Å². The summed E-state index contributed by atoms with van der Waals surface area (Å²) in [4.78, 5) is 14.7. The summed E-state index contributed by atoms with van der Waals surface area (Å²) in [5, 5.41) is 2.95. The molecular formula is C12H18N2O2. The first-order valence-corrected chi connectivity index (χ1v) is 5.56. The molecule has 1 saturated carbocycles. The van der Waals surface area contributed by atoms with Crippen LogP contribution in [0.1, 0.15) is 39.2 Å². The normalized spacial score (nSPS) is 17.9. The molecule has 0 atom stereocenters. The van der Waals surface area contributed by atoms with Gasteiger partial charge in [0.15, 0.2) is 0 Å². The third-order valence-electron chi connectivity index (χ3n) is 2.64. The van der Waals surface area contributed by atoms with E-state index in [0.717, 1.165) is 18.4 Å². The monoisotopic (exact) mass is 222 g/mol. The van der Waals surface area contributed by atoms with Gasteiger partial charge in [-0.05, 0) is 45.2 Å². The average molecular weight is 222 g/mol. The highest BCUT2D eigenvalue weighted by molar-refractivity contribution is 5.70. The van der Waals surface area contributed by atoms with E-state index in [0.29, 0.717) is 0 Å². The first-order valence-electron chi connectivity index (χ1n) is 5.56. The minimum absolute atomic E-state index is 0.192. The molecule has 2 N–H and O–H groups in total. The van der Waals surface area contributed by atoms with E-state index in [4.69, 9.17) is 4.74 Å². The third kappa shape index (κ3) is 2.38. The Morgan fingerprint density at radius 3 is 2.62 bits per heavy atom. The van der Waals surface area contributed by atoms with Crippen molar-refractivity contribution in [1.29, 1.82) is 0 Å². The lowest BCUT2D eigenvalue weighted by Gasteiger charge is -2.23. The molecule has 0 bridgehead atoms. The van der Waals surface area contributed by atoms with Crippen molar-refractivity contribution in [1.82, 2.24) is 10.3 Å². The molecule has 0 aliphatic heterocycles. The number of amides is 1. The Hall–Kier alpha value is -1.45. The summed E-state index contributed by atoms with van der Waals surface area (Å²) in [6.45, 7) is 5.59. The number of carbonyl (C=O) groups is 1. The predicted octanol–water partition coefficient (Wildman–Crippen LogP) is 2.53. The van der Waals surface area contributed by atoms with Crippen molar-refractivity contribution >= 4 is 6.09 Å². The summed E-state index contributed by atoms with van der Waals surface area (Å²) in [7, 11) is 0. The number of carbonyl (C=O) groups excluding carboxylic acids is 1. The number of aromatic nitrogens is 1. The van der Waals surface area contributed by atoms with Gasteiger partial charge in [0.05, 0.1) is 5.54 Å². The van der Waals surface area contributed by atoms with Gasteiger partial charge in [-0.25, -0.2) is 4.79 Å². The zero-order chi connectivity index (χ0) is 11.8. The van der Waals surface area contributed by atoms with Crippen LogP contribution in [0.3, 0.4) is 0 Å². The molecule has 0 unspecified atom stereocenters. The van der Waals surface area contributed by atoms with Crippen molar-refractivity contribution in [2.45, 2.75) is 44.8 Å². The summed E-state index contributed by atoms with van der Waals surface area (Å²) in [5.41, 5.74) is 0.485. The Morgan fingerprint density at radius 1 is 1.50 bits per heavy atom. The van der Waals surface area contributed by atoms with E-state index in [1.807, 2.05) is 39.2 Å². The summed E-state index contributed by atoms with van der Waals surface area (Å²) < 4.78 is 5.25. The van der Waals surface area contributed by atoms with E-state index in [2.05, 4.69) is 10.3 Å². The molecule has 1 aromatic heterocycles. The van der Waals surface area contributed by atoms with E-state index in [1.54, 1.807) is 0 Å². The fraction of sp³-hybridized carbons (Fsp3) is 0.583. The Balaban J connectivity index is 1.98. The maximum Gasteiger partial charge on any atom is 0.408 e. The van der Waals surface area contributed by atoms with Crippen molar-refractivity contribution in [3.05, 3.63) is 24.0 Å². The molecule has 1 aromatic rings. The van der Waals surface area contributed by atoms with Gasteiger partial charge in [0.25, 0.3) is 0 Å². The minimum Gasteiger partial charge on any atom is -0.444 e. The van der Waals surface area contributed by atoms with Crippen LogP contribution in [0.15, 0.2) is 18.5 Å². The molecule has 2 rings (SSSR count). The van der Waals surface area contributed by atoms with Crippen LogP contribution < -0.4 is 5.32 Å². The standard InChI is InChI=1S/C12H18N2O2/c1-11(2,3)16-10(15)14-12(5-6-12)9-4-7-13-8-9/h4,7-8,13H,5-6H2,1-3H3,(H,14,15). The molecule has 1 amide bonds. The molecular weight excluding hydrogens is 204 g/mol. The topological polar surface area (TPSA) is 54.1 Å². The molecule has 0 aromatic carbocycles. The molecule has 0 spiro atoms. The second-order valence-corrected chi connectivity index (χ2v) is 5.31. The SMILES string of the molecule is CC(C)(C)OC(=O)NC1(c2cc[nH]c2)CC1. The van der Waals surface area contributed by atoms with E-state index < -0.39 is 5.60 Å². The average Bonchev–Trinajstić information content (AvgIpc) is 2.71. The number of hydrogen-bond acceptors (Lipinski definition) is 2. The summed E-state index contributed by atoms with van der Waals surface area (Å²) >= 11 is 0. The van der Waals surface area contributed by atoms with E-state index in [1.165, 1.54) is 0 Å². The van der Waals surface area contributed by atoms with Crippen LogP contribution in [-0.4, -0.2) is 16.7 Å². The highest BCUT2D eigenvalue weighted by Gasteiger charge is 2.46. The highest BCUT2D eigenvalue weighted by Crippen LogP contribution is 2.45. The summed E-state index contributed by atoms with van der Waals surface area (Å²) in [6, 6.07) is 1.99. The predicted molar refractivity (Wildman–Crippen MR) is 61.1 cm³/mol. The van der Waals surface area contributed by atoms with E-state index >= 15 is 0 Å². The number of nitrogens with one attached hydrogen (secondary N) is 2. The Kier molecular flexibility index (Phi) is 2.45. The van der Waals surface area contributed by atoms with Crippen molar-refractivity contribution in [3.8, 4) is 0 Å². The molecule has 4 nitrogen and oxygen atoms in total. The Labute approximate surface area is 95.4 Å². The van der Waals surface area contributed by atoms with Gasteiger partial charge in [0.2, 0.25) is 0 Å².